The molecule has 0 atom stereocenters. The first-order valence-corrected chi connectivity index (χ1v) is 10.3. The minimum absolute atomic E-state index is 0.107. The Balaban J connectivity index is 1.95. The van der Waals surface area contributed by atoms with Gasteiger partial charge in [0.2, 0.25) is 0 Å². The molecule has 3 aromatic rings. The number of amides is 1. The molecule has 30 heavy (non-hydrogen) atoms. The molecule has 1 N–H and O–H groups in total. The fourth-order valence-corrected chi connectivity index (χ4v) is 4.25. The van der Waals surface area contributed by atoms with Crippen LogP contribution in [0.2, 0.25) is 10.0 Å². The number of alkyl halides is 3. The zero-order chi connectivity index (χ0) is 22.3. The average Bonchev–Trinajstić information content (AvgIpc) is 3.02. The number of benzene rings is 2. The summed E-state index contributed by atoms with van der Waals surface area (Å²) >= 11 is 11.9. The van der Waals surface area contributed by atoms with Crippen molar-refractivity contribution in [3.05, 3.63) is 69.5 Å². The molecule has 1 aromatic heterocycles. The fourth-order valence-electron chi connectivity index (χ4n) is 2.58. The lowest BCUT2D eigenvalue weighted by Crippen LogP contribution is -2.32. The van der Waals surface area contributed by atoms with Gasteiger partial charge in [-0.3, -0.25) is 4.79 Å². The van der Waals surface area contributed by atoms with Crippen molar-refractivity contribution in [1.29, 1.82) is 0 Å². The highest BCUT2D eigenvalue weighted by atomic mass is 35.5. The molecule has 1 amide bonds. The lowest BCUT2D eigenvalue weighted by Gasteiger charge is -2.13. The van der Waals surface area contributed by atoms with Gasteiger partial charge >= 0.3 is 6.18 Å². The highest BCUT2D eigenvalue weighted by Gasteiger charge is 2.37. The van der Waals surface area contributed by atoms with E-state index in [1.165, 1.54) is 29.8 Å². The van der Waals surface area contributed by atoms with Gasteiger partial charge in [-0.1, -0.05) is 40.5 Å². The largest absolute Gasteiger partial charge is 0.417 e. The molecule has 1 heterocycles. The Kier molecular flexibility index (Phi) is 5.81. The van der Waals surface area contributed by atoms with Crippen molar-refractivity contribution in [3.63, 3.8) is 0 Å². The number of nitrogens with zero attached hydrogens (tertiary/aromatic N) is 3. The van der Waals surface area contributed by atoms with E-state index in [2.05, 4.69) is 10.3 Å². The van der Waals surface area contributed by atoms with E-state index in [0.29, 0.717) is 16.8 Å². The standard InChI is InChI=1S/C17H11Cl2F3N4O3S/c1-9-15(23-25-26(9)13-7-6-10(18)8-12(13)19)16(27)24-30(28,29)14-5-3-2-4-11(14)17(20,21)22/h2-8H,1H3,(H,24,27). The predicted octanol–water partition coefficient (Wildman–Crippen LogP) is 4.02. The third-order valence-corrected chi connectivity index (χ3v) is 5.88. The van der Waals surface area contributed by atoms with E-state index in [9.17, 15) is 26.4 Å². The summed E-state index contributed by atoms with van der Waals surface area (Å²) in [6.07, 6.45) is -4.93. The smallest absolute Gasteiger partial charge is 0.266 e. The van der Waals surface area contributed by atoms with Gasteiger partial charge in [-0.05, 0) is 37.3 Å². The highest BCUT2D eigenvalue weighted by Crippen LogP contribution is 2.34. The number of carbonyl (C=O) groups excluding carboxylic acids is 1. The molecule has 0 saturated carbocycles. The Morgan fingerprint density at radius 2 is 1.80 bits per heavy atom. The third-order valence-electron chi connectivity index (χ3n) is 3.96. The van der Waals surface area contributed by atoms with Gasteiger partial charge in [-0.2, -0.15) is 13.2 Å². The van der Waals surface area contributed by atoms with Crippen molar-refractivity contribution < 1.29 is 26.4 Å². The Morgan fingerprint density at radius 3 is 2.43 bits per heavy atom. The lowest BCUT2D eigenvalue weighted by molar-refractivity contribution is -0.139. The maximum Gasteiger partial charge on any atom is 0.417 e. The van der Waals surface area contributed by atoms with Crippen molar-refractivity contribution in [2.45, 2.75) is 18.0 Å². The van der Waals surface area contributed by atoms with Crippen molar-refractivity contribution in [1.82, 2.24) is 19.7 Å². The number of carbonyl (C=O) groups is 1. The molecule has 0 bridgehead atoms. The van der Waals surface area contributed by atoms with Crippen LogP contribution < -0.4 is 4.72 Å². The van der Waals surface area contributed by atoms with E-state index in [-0.39, 0.29) is 10.7 Å². The molecule has 158 valence electrons. The van der Waals surface area contributed by atoms with Crippen molar-refractivity contribution in [2.24, 2.45) is 0 Å². The molecule has 0 aliphatic heterocycles. The lowest BCUT2D eigenvalue weighted by atomic mass is 10.2. The summed E-state index contributed by atoms with van der Waals surface area (Å²) in [6, 6.07) is 7.94. The summed E-state index contributed by atoms with van der Waals surface area (Å²) in [5.41, 5.74) is -1.39. The molecule has 3 rings (SSSR count). The second-order valence-corrected chi connectivity index (χ2v) is 8.45. The van der Waals surface area contributed by atoms with Crippen LogP contribution in [0.15, 0.2) is 47.4 Å². The number of halogens is 5. The molecule has 0 fully saturated rings. The predicted molar refractivity (Wildman–Crippen MR) is 102 cm³/mol. The molecule has 13 heteroatoms. The summed E-state index contributed by atoms with van der Waals surface area (Å²) in [4.78, 5) is 11.4. The van der Waals surface area contributed by atoms with E-state index in [1.807, 2.05) is 0 Å². The molecule has 0 aliphatic carbocycles. The molecule has 0 aliphatic rings. The molecule has 0 spiro atoms. The van der Waals surface area contributed by atoms with Gasteiger partial charge in [0.25, 0.3) is 15.9 Å². The van der Waals surface area contributed by atoms with E-state index in [0.717, 1.165) is 18.2 Å². The Hall–Kier alpha value is -2.63. The highest BCUT2D eigenvalue weighted by molar-refractivity contribution is 7.90. The fraction of sp³-hybridized carbons (Fsp3) is 0.118. The van der Waals surface area contributed by atoms with Crippen LogP contribution in [0.4, 0.5) is 13.2 Å². The number of nitrogens with one attached hydrogen (secondary N) is 1. The minimum Gasteiger partial charge on any atom is -0.266 e. The van der Waals surface area contributed by atoms with Crippen LogP contribution >= 0.6 is 23.2 Å². The molecular formula is C17H11Cl2F3N4O3S. The second-order valence-electron chi connectivity index (χ2n) is 5.96. The van der Waals surface area contributed by atoms with Crippen molar-refractivity contribution in [3.8, 4) is 5.69 Å². The van der Waals surface area contributed by atoms with Gasteiger partial charge in [-0.15, -0.1) is 5.10 Å². The van der Waals surface area contributed by atoms with Gasteiger partial charge < -0.3 is 0 Å². The van der Waals surface area contributed by atoms with Crippen LogP contribution in [0.25, 0.3) is 5.69 Å². The normalized spacial score (nSPS) is 12.1. The topological polar surface area (TPSA) is 93.9 Å². The maximum atomic E-state index is 13.1. The average molecular weight is 479 g/mol. The van der Waals surface area contributed by atoms with E-state index >= 15 is 0 Å². The van der Waals surface area contributed by atoms with Gasteiger partial charge in [-0.25, -0.2) is 17.8 Å². The van der Waals surface area contributed by atoms with Crippen molar-refractivity contribution in [2.75, 3.05) is 0 Å². The van der Waals surface area contributed by atoms with E-state index in [4.69, 9.17) is 23.2 Å². The molecule has 0 unspecified atom stereocenters. The second kappa shape index (κ2) is 7.89. The first-order chi connectivity index (χ1) is 13.9. The van der Waals surface area contributed by atoms with Crippen LogP contribution in [-0.2, 0) is 16.2 Å². The monoisotopic (exact) mass is 478 g/mol. The van der Waals surface area contributed by atoms with Crippen LogP contribution in [0.5, 0.6) is 0 Å². The van der Waals surface area contributed by atoms with Gasteiger partial charge in [0.15, 0.2) is 5.69 Å². The van der Waals surface area contributed by atoms with Crippen LogP contribution in [0.1, 0.15) is 21.7 Å². The zero-order valence-electron chi connectivity index (χ0n) is 14.9. The SMILES string of the molecule is Cc1c(C(=O)NS(=O)(=O)c2ccccc2C(F)(F)F)nnn1-c1ccc(Cl)cc1Cl. The maximum absolute atomic E-state index is 13.1. The minimum atomic E-state index is -4.93. The van der Waals surface area contributed by atoms with Gasteiger partial charge in [0.1, 0.15) is 0 Å². The Morgan fingerprint density at radius 1 is 1.13 bits per heavy atom. The summed E-state index contributed by atoms with van der Waals surface area (Å²) in [5.74, 6) is -1.25. The first kappa shape index (κ1) is 22.1. The van der Waals surface area contributed by atoms with Crippen LogP contribution in [0, 0.1) is 6.92 Å². The molecular weight excluding hydrogens is 468 g/mol. The number of hydrogen-bond acceptors (Lipinski definition) is 5. The molecule has 7 nitrogen and oxygen atoms in total. The van der Waals surface area contributed by atoms with Crippen LogP contribution in [-0.4, -0.2) is 29.3 Å². The van der Waals surface area contributed by atoms with E-state index < -0.39 is 38.3 Å². The summed E-state index contributed by atoms with van der Waals surface area (Å²) in [7, 11) is -4.85. The molecule has 0 saturated heterocycles. The number of rotatable bonds is 4. The van der Waals surface area contributed by atoms with Gasteiger partial charge in [0, 0.05) is 5.02 Å². The molecule has 2 aromatic carbocycles. The van der Waals surface area contributed by atoms with Crippen molar-refractivity contribution >= 4 is 39.1 Å². The summed E-state index contributed by atoms with van der Waals surface area (Å²) < 4.78 is 67.1. The molecule has 0 radical (unpaired) electrons. The number of aromatic nitrogens is 3. The Bertz CT molecular complexity index is 1240. The first-order valence-electron chi connectivity index (χ1n) is 8.03. The van der Waals surface area contributed by atoms with E-state index in [1.54, 1.807) is 4.72 Å². The third kappa shape index (κ3) is 4.27. The summed E-state index contributed by atoms with van der Waals surface area (Å²) in [5, 5.41) is 7.93. The Labute approximate surface area is 178 Å². The van der Waals surface area contributed by atoms with Crippen LogP contribution in [0.3, 0.4) is 0 Å². The zero-order valence-corrected chi connectivity index (χ0v) is 17.2. The van der Waals surface area contributed by atoms with Gasteiger partial charge in [0.05, 0.1) is 26.9 Å². The quantitative estimate of drug-likeness (QED) is 0.610. The number of sulfonamides is 1. The summed E-state index contributed by atoms with van der Waals surface area (Å²) in [6.45, 7) is 1.41. The number of hydrogen-bond donors (Lipinski definition) is 1.